The van der Waals surface area contributed by atoms with Gasteiger partial charge in [-0.05, 0) is 37.6 Å². The van der Waals surface area contributed by atoms with Gasteiger partial charge in [-0.2, -0.15) is 0 Å². The number of ether oxygens (including phenoxy) is 1. The summed E-state index contributed by atoms with van der Waals surface area (Å²) in [5.41, 5.74) is 2.31. The summed E-state index contributed by atoms with van der Waals surface area (Å²) >= 11 is 1.60. The molecule has 2 aromatic rings. The number of hydrogen-bond donors (Lipinski definition) is 1. The summed E-state index contributed by atoms with van der Waals surface area (Å²) < 4.78 is 5.52. The molecule has 0 spiro atoms. The molecule has 6 heteroatoms. The Morgan fingerprint density at radius 1 is 1.21 bits per heavy atom. The zero-order valence-electron chi connectivity index (χ0n) is 16.5. The predicted octanol–water partition coefficient (Wildman–Crippen LogP) is 3.47. The van der Waals surface area contributed by atoms with Gasteiger partial charge in [0.05, 0.1) is 23.1 Å². The van der Waals surface area contributed by atoms with Crippen molar-refractivity contribution in [2.24, 2.45) is 0 Å². The van der Waals surface area contributed by atoms with Gasteiger partial charge in [0.1, 0.15) is 0 Å². The molecule has 0 bridgehead atoms. The highest BCUT2D eigenvalue weighted by atomic mass is 32.1. The maximum atomic E-state index is 12.9. The standard InChI is InChI=1S/C22H29N3O2S/c1-2-24-10-6-9-18(24)16-23-21(26)20-15-19(17-7-4-3-5-8-17)22(28-20)25-11-13-27-14-12-25/h3-5,7-8,15,18H,2,6,9-14,16H2,1H3,(H,23,26). The van der Waals surface area contributed by atoms with Gasteiger partial charge in [-0.1, -0.05) is 37.3 Å². The molecule has 1 amide bonds. The van der Waals surface area contributed by atoms with Crippen molar-refractivity contribution in [3.63, 3.8) is 0 Å². The maximum Gasteiger partial charge on any atom is 0.261 e. The van der Waals surface area contributed by atoms with Crippen LogP contribution in [0.5, 0.6) is 0 Å². The van der Waals surface area contributed by atoms with Crippen LogP contribution in [0, 0.1) is 0 Å². The van der Waals surface area contributed by atoms with Gasteiger partial charge in [0.2, 0.25) is 0 Å². The van der Waals surface area contributed by atoms with E-state index in [-0.39, 0.29) is 5.91 Å². The largest absolute Gasteiger partial charge is 0.378 e. The number of nitrogens with one attached hydrogen (secondary N) is 1. The van der Waals surface area contributed by atoms with Crippen LogP contribution in [0.25, 0.3) is 11.1 Å². The molecule has 2 aliphatic rings. The number of anilines is 1. The second-order valence-electron chi connectivity index (χ2n) is 7.43. The normalized spacial score (nSPS) is 20.5. The van der Waals surface area contributed by atoms with E-state index in [1.54, 1.807) is 11.3 Å². The molecule has 5 nitrogen and oxygen atoms in total. The Morgan fingerprint density at radius 3 is 2.75 bits per heavy atom. The Hall–Kier alpha value is -1.89. The molecule has 150 valence electrons. The highest BCUT2D eigenvalue weighted by Gasteiger charge is 2.25. The van der Waals surface area contributed by atoms with Crippen molar-refractivity contribution in [1.82, 2.24) is 10.2 Å². The lowest BCUT2D eigenvalue weighted by molar-refractivity contribution is 0.0945. The highest BCUT2D eigenvalue weighted by Crippen LogP contribution is 2.39. The third-order valence-corrected chi connectivity index (χ3v) is 6.92. The third-order valence-electron chi connectivity index (χ3n) is 5.72. The van der Waals surface area contributed by atoms with Gasteiger partial charge < -0.3 is 15.0 Å². The highest BCUT2D eigenvalue weighted by molar-refractivity contribution is 7.18. The first-order valence-corrected chi connectivity index (χ1v) is 11.1. The second-order valence-corrected chi connectivity index (χ2v) is 8.46. The SMILES string of the molecule is CCN1CCCC1CNC(=O)c1cc(-c2ccccc2)c(N2CCOCC2)s1. The summed E-state index contributed by atoms with van der Waals surface area (Å²) in [6.45, 7) is 8.35. The summed E-state index contributed by atoms with van der Waals surface area (Å²) in [7, 11) is 0. The van der Waals surface area contributed by atoms with E-state index in [2.05, 4.69) is 52.4 Å². The molecular formula is C22H29N3O2S. The topological polar surface area (TPSA) is 44.8 Å². The molecule has 4 rings (SSSR count). The van der Waals surface area contributed by atoms with Crippen molar-refractivity contribution in [3.8, 4) is 11.1 Å². The minimum atomic E-state index is 0.0460. The van der Waals surface area contributed by atoms with Crippen molar-refractivity contribution in [2.45, 2.75) is 25.8 Å². The van der Waals surface area contributed by atoms with Gasteiger partial charge in [0.15, 0.2) is 0 Å². The minimum absolute atomic E-state index is 0.0460. The van der Waals surface area contributed by atoms with Crippen molar-refractivity contribution in [3.05, 3.63) is 41.3 Å². The molecule has 2 saturated heterocycles. The predicted molar refractivity (Wildman–Crippen MR) is 115 cm³/mol. The average molecular weight is 400 g/mol. The van der Waals surface area contributed by atoms with Crippen LogP contribution in [0.1, 0.15) is 29.4 Å². The zero-order chi connectivity index (χ0) is 19.3. The number of carbonyl (C=O) groups excluding carboxylic acids is 1. The molecular weight excluding hydrogens is 370 g/mol. The Balaban J connectivity index is 1.53. The first-order valence-electron chi connectivity index (χ1n) is 10.3. The number of nitrogens with zero attached hydrogens (tertiary/aromatic N) is 2. The van der Waals surface area contributed by atoms with Gasteiger partial charge in [-0.3, -0.25) is 9.69 Å². The first kappa shape index (κ1) is 19.4. The summed E-state index contributed by atoms with van der Waals surface area (Å²) in [5.74, 6) is 0.0460. The quantitative estimate of drug-likeness (QED) is 0.808. The number of carbonyl (C=O) groups is 1. The van der Waals surface area contributed by atoms with Gasteiger partial charge in [-0.15, -0.1) is 11.3 Å². The summed E-state index contributed by atoms with van der Waals surface area (Å²) in [6.07, 6.45) is 2.40. The number of morpholine rings is 1. The lowest BCUT2D eigenvalue weighted by Crippen LogP contribution is -2.39. The maximum absolute atomic E-state index is 12.9. The average Bonchev–Trinajstić information content (AvgIpc) is 3.40. The van der Waals surface area contributed by atoms with Crippen LogP contribution in [0.2, 0.25) is 0 Å². The molecule has 1 unspecified atom stereocenters. The molecule has 0 radical (unpaired) electrons. The van der Waals surface area contributed by atoms with Crippen LogP contribution in [-0.2, 0) is 4.74 Å². The van der Waals surface area contributed by atoms with E-state index < -0.39 is 0 Å². The lowest BCUT2D eigenvalue weighted by atomic mass is 10.1. The Morgan fingerprint density at radius 2 is 2.00 bits per heavy atom. The molecule has 0 aliphatic carbocycles. The van der Waals surface area contributed by atoms with E-state index >= 15 is 0 Å². The molecule has 28 heavy (non-hydrogen) atoms. The molecule has 2 aliphatic heterocycles. The Bertz CT molecular complexity index is 786. The minimum Gasteiger partial charge on any atom is -0.378 e. The number of likely N-dealkylation sites (N-methyl/N-ethyl adjacent to an activating group) is 1. The van der Waals surface area contributed by atoms with Crippen LogP contribution >= 0.6 is 11.3 Å². The fourth-order valence-corrected chi connectivity index (χ4v) is 5.31. The van der Waals surface area contributed by atoms with E-state index in [1.165, 1.54) is 17.8 Å². The zero-order valence-corrected chi connectivity index (χ0v) is 17.3. The van der Waals surface area contributed by atoms with Crippen molar-refractivity contribution in [1.29, 1.82) is 0 Å². The van der Waals surface area contributed by atoms with Crippen LogP contribution in [0.3, 0.4) is 0 Å². The molecule has 0 saturated carbocycles. The molecule has 1 aromatic heterocycles. The molecule has 1 N–H and O–H groups in total. The first-order chi connectivity index (χ1) is 13.8. The number of amides is 1. The number of hydrogen-bond acceptors (Lipinski definition) is 5. The Labute approximate surface area is 171 Å². The smallest absolute Gasteiger partial charge is 0.261 e. The van der Waals surface area contributed by atoms with Crippen molar-refractivity contribution >= 4 is 22.2 Å². The van der Waals surface area contributed by atoms with E-state index in [4.69, 9.17) is 4.74 Å². The fourth-order valence-electron chi connectivity index (χ4n) is 4.16. The molecule has 1 atom stereocenters. The van der Waals surface area contributed by atoms with E-state index in [0.29, 0.717) is 6.04 Å². The van der Waals surface area contributed by atoms with Crippen molar-refractivity contribution < 1.29 is 9.53 Å². The summed E-state index contributed by atoms with van der Waals surface area (Å²) in [5, 5.41) is 4.36. The molecule has 2 fully saturated rings. The number of likely N-dealkylation sites (tertiary alicyclic amines) is 1. The number of rotatable bonds is 6. The Kier molecular flexibility index (Phi) is 6.29. The molecule has 3 heterocycles. The van der Waals surface area contributed by atoms with E-state index in [0.717, 1.165) is 61.9 Å². The number of thiophene rings is 1. The van der Waals surface area contributed by atoms with Gasteiger partial charge in [0.25, 0.3) is 5.91 Å². The summed E-state index contributed by atoms with van der Waals surface area (Å²) in [6, 6.07) is 12.9. The van der Waals surface area contributed by atoms with Crippen LogP contribution in [0.4, 0.5) is 5.00 Å². The molecule has 1 aromatic carbocycles. The van der Waals surface area contributed by atoms with E-state index in [1.807, 2.05) is 6.07 Å². The fraction of sp³-hybridized carbons (Fsp3) is 0.500. The second kappa shape index (κ2) is 9.07. The monoisotopic (exact) mass is 399 g/mol. The van der Waals surface area contributed by atoms with E-state index in [9.17, 15) is 4.79 Å². The van der Waals surface area contributed by atoms with Crippen LogP contribution in [-0.4, -0.2) is 62.8 Å². The van der Waals surface area contributed by atoms with Gasteiger partial charge >= 0.3 is 0 Å². The van der Waals surface area contributed by atoms with Crippen LogP contribution in [0.15, 0.2) is 36.4 Å². The van der Waals surface area contributed by atoms with Crippen LogP contribution < -0.4 is 10.2 Å². The van der Waals surface area contributed by atoms with Gasteiger partial charge in [-0.25, -0.2) is 0 Å². The number of benzene rings is 1. The van der Waals surface area contributed by atoms with Gasteiger partial charge in [0, 0.05) is 31.2 Å². The third kappa shape index (κ3) is 4.24. The summed E-state index contributed by atoms with van der Waals surface area (Å²) in [4.78, 5) is 18.5. The lowest BCUT2D eigenvalue weighted by Gasteiger charge is -2.28. The van der Waals surface area contributed by atoms with Crippen molar-refractivity contribution in [2.75, 3.05) is 50.8 Å².